The number of amides is 1. The minimum absolute atomic E-state index is 0.0711. The zero-order chi connectivity index (χ0) is 17.9. The Balaban J connectivity index is 1.41. The van der Waals surface area contributed by atoms with Crippen molar-refractivity contribution in [2.24, 2.45) is 0 Å². The number of hydrogen-bond acceptors (Lipinski definition) is 4. The number of halogens is 1. The number of para-hydroxylation sites is 1. The number of anilines is 1. The molecule has 4 rings (SSSR count). The van der Waals surface area contributed by atoms with Crippen LogP contribution >= 0.6 is 11.6 Å². The highest BCUT2D eigenvalue weighted by Crippen LogP contribution is 2.13. The zero-order valence-corrected chi connectivity index (χ0v) is 14.5. The van der Waals surface area contributed by atoms with Crippen LogP contribution in [0.3, 0.4) is 0 Å². The molecule has 2 heterocycles. The molecule has 130 valence electrons. The molecule has 0 bridgehead atoms. The molecule has 1 amide bonds. The Morgan fingerprint density at radius 3 is 2.88 bits per heavy atom. The summed E-state index contributed by atoms with van der Waals surface area (Å²) in [5.41, 5.74) is 2.60. The van der Waals surface area contributed by atoms with Gasteiger partial charge in [-0.2, -0.15) is 5.10 Å². The molecule has 0 saturated heterocycles. The van der Waals surface area contributed by atoms with Crippen molar-refractivity contribution in [3.63, 3.8) is 0 Å². The van der Waals surface area contributed by atoms with Crippen molar-refractivity contribution < 1.29 is 4.79 Å². The van der Waals surface area contributed by atoms with Crippen molar-refractivity contribution in [2.75, 3.05) is 5.32 Å². The number of carbonyl (C=O) groups excluding carboxylic acids is 1. The summed E-state index contributed by atoms with van der Waals surface area (Å²) in [6.07, 6.45) is 1.81. The van der Waals surface area contributed by atoms with E-state index in [0.717, 1.165) is 16.6 Å². The maximum atomic E-state index is 12.3. The van der Waals surface area contributed by atoms with Gasteiger partial charge in [0.25, 0.3) is 0 Å². The van der Waals surface area contributed by atoms with Gasteiger partial charge in [0.05, 0.1) is 12.1 Å². The van der Waals surface area contributed by atoms with Gasteiger partial charge in [-0.3, -0.25) is 9.48 Å². The molecule has 7 nitrogen and oxygen atoms in total. The molecule has 0 radical (unpaired) electrons. The van der Waals surface area contributed by atoms with E-state index in [1.165, 1.54) is 0 Å². The van der Waals surface area contributed by atoms with E-state index in [4.69, 9.17) is 11.6 Å². The summed E-state index contributed by atoms with van der Waals surface area (Å²) in [6, 6.07) is 16.8. The minimum atomic E-state index is -0.214. The number of nitrogens with one attached hydrogen (secondary N) is 1. The Kier molecular flexibility index (Phi) is 4.37. The van der Waals surface area contributed by atoms with Crippen LogP contribution in [0.1, 0.15) is 5.56 Å². The van der Waals surface area contributed by atoms with Crippen LogP contribution in [0, 0.1) is 0 Å². The van der Waals surface area contributed by atoms with Gasteiger partial charge in [-0.15, -0.1) is 5.10 Å². The number of carbonyl (C=O) groups is 1. The third kappa shape index (κ3) is 3.57. The summed E-state index contributed by atoms with van der Waals surface area (Å²) in [5, 5.41) is 15.9. The number of hydrogen-bond donors (Lipinski definition) is 1. The first-order chi connectivity index (χ1) is 12.7. The van der Waals surface area contributed by atoms with Gasteiger partial charge < -0.3 is 5.32 Å². The first-order valence-electron chi connectivity index (χ1n) is 8.03. The highest BCUT2D eigenvalue weighted by molar-refractivity contribution is 6.30. The molecular formula is C18H15ClN6O. The lowest BCUT2D eigenvalue weighted by Crippen LogP contribution is -2.20. The molecular weight excluding hydrogens is 352 g/mol. The smallest absolute Gasteiger partial charge is 0.247 e. The molecule has 0 spiro atoms. The molecule has 2 aromatic carbocycles. The van der Waals surface area contributed by atoms with Crippen LogP contribution < -0.4 is 5.32 Å². The summed E-state index contributed by atoms with van der Waals surface area (Å²) in [7, 11) is 0. The lowest BCUT2D eigenvalue weighted by Gasteiger charge is -2.04. The maximum absolute atomic E-state index is 12.3. The predicted octanol–water partition coefficient (Wildman–Crippen LogP) is 2.97. The minimum Gasteiger partial charge on any atom is -0.308 e. The maximum Gasteiger partial charge on any atom is 0.247 e. The summed E-state index contributed by atoms with van der Waals surface area (Å²) in [5.74, 6) is 0.273. The third-order valence-electron chi connectivity index (χ3n) is 3.86. The quantitative estimate of drug-likeness (QED) is 0.589. The lowest BCUT2D eigenvalue weighted by molar-refractivity contribution is -0.116. The normalized spacial score (nSPS) is 11.0. The predicted molar refractivity (Wildman–Crippen MR) is 98.9 cm³/mol. The van der Waals surface area contributed by atoms with Crippen molar-refractivity contribution in [3.8, 4) is 0 Å². The summed E-state index contributed by atoms with van der Waals surface area (Å²) < 4.78 is 3.31. The molecule has 0 aliphatic heterocycles. The number of benzene rings is 2. The van der Waals surface area contributed by atoms with Crippen LogP contribution in [0.5, 0.6) is 0 Å². The van der Waals surface area contributed by atoms with E-state index in [2.05, 4.69) is 20.7 Å². The second-order valence-corrected chi connectivity index (χ2v) is 6.25. The number of aromatic nitrogens is 5. The molecule has 0 aliphatic rings. The fourth-order valence-corrected chi connectivity index (χ4v) is 2.90. The Morgan fingerprint density at radius 2 is 2.00 bits per heavy atom. The van der Waals surface area contributed by atoms with Gasteiger partial charge in [0, 0.05) is 17.3 Å². The van der Waals surface area contributed by atoms with Crippen LogP contribution in [0.15, 0.2) is 60.8 Å². The van der Waals surface area contributed by atoms with Gasteiger partial charge in [0.2, 0.25) is 5.91 Å². The second kappa shape index (κ2) is 6.97. The monoisotopic (exact) mass is 366 g/mol. The van der Waals surface area contributed by atoms with E-state index < -0.39 is 0 Å². The number of rotatable bonds is 5. The van der Waals surface area contributed by atoms with Crippen LogP contribution in [-0.2, 0) is 17.9 Å². The van der Waals surface area contributed by atoms with Crippen molar-refractivity contribution in [2.45, 2.75) is 13.1 Å². The standard InChI is InChI=1S/C18H15ClN6O/c19-14-5-3-4-13(10-14)11-24-9-8-17(22-24)20-18(26)12-25-16-7-2-1-6-15(16)21-23-25/h1-10H,11-12H2,(H,20,22,26). The van der Waals surface area contributed by atoms with Crippen molar-refractivity contribution >= 4 is 34.4 Å². The summed E-state index contributed by atoms with van der Waals surface area (Å²) >= 11 is 5.99. The van der Waals surface area contributed by atoms with E-state index in [1.807, 2.05) is 48.5 Å². The van der Waals surface area contributed by atoms with Gasteiger partial charge in [-0.1, -0.05) is 41.1 Å². The van der Waals surface area contributed by atoms with Gasteiger partial charge in [0.1, 0.15) is 12.1 Å². The largest absolute Gasteiger partial charge is 0.308 e. The van der Waals surface area contributed by atoms with Crippen LogP contribution in [0.25, 0.3) is 11.0 Å². The molecule has 0 fully saturated rings. The van der Waals surface area contributed by atoms with Gasteiger partial charge >= 0.3 is 0 Å². The number of fused-ring (bicyclic) bond motifs is 1. The van der Waals surface area contributed by atoms with Crippen LogP contribution in [0.4, 0.5) is 5.82 Å². The van der Waals surface area contributed by atoms with Crippen LogP contribution in [0.2, 0.25) is 5.02 Å². The SMILES string of the molecule is O=C(Cn1nnc2ccccc21)Nc1ccn(Cc2cccc(Cl)c2)n1. The van der Waals surface area contributed by atoms with Crippen molar-refractivity contribution in [1.82, 2.24) is 24.8 Å². The van der Waals surface area contributed by atoms with E-state index in [-0.39, 0.29) is 12.5 Å². The topological polar surface area (TPSA) is 77.6 Å². The zero-order valence-electron chi connectivity index (χ0n) is 13.7. The lowest BCUT2D eigenvalue weighted by atomic mass is 10.2. The van der Waals surface area contributed by atoms with Gasteiger partial charge in [-0.25, -0.2) is 4.68 Å². The highest BCUT2D eigenvalue weighted by atomic mass is 35.5. The van der Waals surface area contributed by atoms with E-state index in [1.54, 1.807) is 21.6 Å². The molecule has 0 unspecified atom stereocenters. The van der Waals surface area contributed by atoms with Crippen molar-refractivity contribution in [1.29, 1.82) is 0 Å². The first kappa shape index (κ1) is 16.3. The van der Waals surface area contributed by atoms with Gasteiger partial charge in [-0.05, 0) is 29.8 Å². The Hall–Kier alpha value is -3.19. The first-order valence-corrected chi connectivity index (χ1v) is 8.41. The summed E-state index contributed by atoms with van der Waals surface area (Å²) in [4.78, 5) is 12.3. The molecule has 2 aromatic heterocycles. The molecule has 8 heteroatoms. The fraction of sp³-hybridized carbons (Fsp3) is 0.111. The Labute approximate surface area is 154 Å². The Morgan fingerprint density at radius 1 is 1.12 bits per heavy atom. The van der Waals surface area contributed by atoms with Crippen molar-refractivity contribution in [3.05, 3.63) is 71.4 Å². The van der Waals surface area contributed by atoms with E-state index in [9.17, 15) is 4.79 Å². The van der Waals surface area contributed by atoms with Gasteiger partial charge in [0.15, 0.2) is 5.82 Å². The molecule has 0 aliphatic carbocycles. The van der Waals surface area contributed by atoms with E-state index >= 15 is 0 Å². The second-order valence-electron chi connectivity index (χ2n) is 5.81. The average Bonchev–Trinajstić information content (AvgIpc) is 3.22. The third-order valence-corrected chi connectivity index (χ3v) is 4.09. The molecule has 4 aromatic rings. The molecule has 0 saturated carbocycles. The average molecular weight is 367 g/mol. The molecule has 1 N–H and O–H groups in total. The fourth-order valence-electron chi connectivity index (χ4n) is 2.69. The highest BCUT2D eigenvalue weighted by Gasteiger charge is 2.10. The number of nitrogens with zero attached hydrogens (tertiary/aromatic N) is 5. The summed E-state index contributed by atoms with van der Waals surface area (Å²) in [6.45, 7) is 0.645. The van der Waals surface area contributed by atoms with Crippen LogP contribution in [-0.4, -0.2) is 30.7 Å². The molecule has 0 atom stereocenters. The van der Waals surface area contributed by atoms with E-state index in [0.29, 0.717) is 17.4 Å². The molecule has 26 heavy (non-hydrogen) atoms. The Bertz CT molecular complexity index is 1070.